The summed E-state index contributed by atoms with van der Waals surface area (Å²) in [4.78, 5) is 28.0. The number of benzene rings is 1. The van der Waals surface area contributed by atoms with E-state index in [9.17, 15) is 4.79 Å². The van der Waals surface area contributed by atoms with Crippen LogP contribution in [0.15, 0.2) is 42.7 Å². The number of amides is 1. The first-order valence-electron chi connectivity index (χ1n) is 10.7. The van der Waals surface area contributed by atoms with E-state index in [1.807, 2.05) is 18.2 Å². The van der Waals surface area contributed by atoms with Gasteiger partial charge in [-0.05, 0) is 57.6 Å². The molecular weight excluding hydrogens is 412 g/mol. The van der Waals surface area contributed by atoms with Crippen LogP contribution in [0, 0.1) is 0 Å². The molecule has 2 heterocycles. The Morgan fingerprint density at radius 3 is 2.65 bits per heavy atom. The van der Waals surface area contributed by atoms with Gasteiger partial charge in [0.2, 0.25) is 0 Å². The topological polar surface area (TPSA) is 83.0 Å². The summed E-state index contributed by atoms with van der Waals surface area (Å²) in [6, 6.07) is 9.41. The molecule has 8 heteroatoms. The number of nitrogens with zero attached hydrogens (tertiary/aromatic N) is 4. The number of anilines is 2. The van der Waals surface area contributed by atoms with Crippen LogP contribution in [-0.2, 0) is 0 Å². The van der Waals surface area contributed by atoms with E-state index in [0.29, 0.717) is 22.2 Å². The highest BCUT2D eigenvalue weighted by Gasteiger charge is 2.12. The second kappa shape index (κ2) is 11.0. The molecule has 1 amide bonds. The molecule has 0 fully saturated rings. The highest BCUT2D eigenvalue weighted by molar-refractivity contribution is 6.30. The molecule has 7 nitrogen and oxygen atoms in total. The van der Waals surface area contributed by atoms with Gasteiger partial charge in [-0.25, -0.2) is 15.0 Å². The minimum Gasteiger partial charge on any atom is -0.366 e. The molecule has 0 saturated heterocycles. The Bertz CT molecular complexity index is 1010. The SMILES string of the molecule is CCN(CC)CCCC(C)Nc1cnc(C(=O)Nc2cccc3ccc(Cl)nc23)cn1. The van der Waals surface area contributed by atoms with Crippen molar-refractivity contribution in [2.75, 3.05) is 30.3 Å². The Morgan fingerprint density at radius 1 is 1.13 bits per heavy atom. The van der Waals surface area contributed by atoms with Gasteiger partial charge in [0.05, 0.1) is 23.6 Å². The number of carbonyl (C=O) groups excluding carboxylic acids is 1. The second-order valence-electron chi connectivity index (χ2n) is 7.47. The summed E-state index contributed by atoms with van der Waals surface area (Å²) >= 11 is 6.01. The third kappa shape index (κ3) is 6.35. The molecule has 0 aliphatic carbocycles. The van der Waals surface area contributed by atoms with Gasteiger partial charge in [-0.1, -0.05) is 37.6 Å². The number of para-hydroxylation sites is 1. The van der Waals surface area contributed by atoms with E-state index in [0.717, 1.165) is 37.9 Å². The molecule has 3 rings (SSSR count). The van der Waals surface area contributed by atoms with Crippen LogP contribution in [0.5, 0.6) is 0 Å². The van der Waals surface area contributed by atoms with Crippen molar-refractivity contribution in [3.63, 3.8) is 0 Å². The van der Waals surface area contributed by atoms with Gasteiger partial charge >= 0.3 is 0 Å². The number of fused-ring (bicyclic) bond motifs is 1. The van der Waals surface area contributed by atoms with Gasteiger partial charge in [0, 0.05) is 11.4 Å². The van der Waals surface area contributed by atoms with E-state index in [-0.39, 0.29) is 17.6 Å². The summed E-state index contributed by atoms with van der Waals surface area (Å²) in [6.45, 7) is 9.75. The summed E-state index contributed by atoms with van der Waals surface area (Å²) in [5, 5.41) is 7.46. The summed E-state index contributed by atoms with van der Waals surface area (Å²) in [5.41, 5.74) is 1.45. The normalized spacial score (nSPS) is 12.2. The Hall–Kier alpha value is -2.77. The molecule has 164 valence electrons. The zero-order chi connectivity index (χ0) is 22.2. The van der Waals surface area contributed by atoms with Gasteiger partial charge < -0.3 is 15.5 Å². The van der Waals surface area contributed by atoms with Crippen LogP contribution in [0.1, 0.15) is 44.1 Å². The van der Waals surface area contributed by atoms with Crippen LogP contribution in [0.3, 0.4) is 0 Å². The summed E-state index contributed by atoms with van der Waals surface area (Å²) in [7, 11) is 0. The molecular formula is C23H29ClN6O. The van der Waals surface area contributed by atoms with Gasteiger partial charge in [-0.2, -0.15) is 0 Å². The maximum absolute atomic E-state index is 12.6. The average Bonchev–Trinajstić information content (AvgIpc) is 2.77. The van der Waals surface area contributed by atoms with Crippen molar-refractivity contribution >= 4 is 39.9 Å². The van der Waals surface area contributed by atoms with E-state index in [1.54, 1.807) is 18.3 Å². The lowest BCUT2D eigenvalue weighted by molar-refractivity contribution is 0.102. The van der Waals surface area contributed by atoms with E-state index in [2.05, 4.69) is 51.3 Å². The number of halogens is 1. The Kier molecular flexibility index (Phi) is 8.14. The zero-order valence-electron chi connectivity index (χ0n) is 18.2. The van der Waals surface area contributed by atoms with Crippen molar-refractivity contribution in [2.24, 2.45) is 0 Å². The van der Waals surface area contributed by atoms with Gasteiger partial charge in [0.1, 0.15) is 16.7 Å². The Balaban J connectivity index is 1.57. The molecule has 0 spiro atoms. The first kappa shape index (κ1) is 22.9. The molecule has 2 N–H and O–H groups in total. The van der Waals surface area contributed by atoms with Crippen molar-refractivity contribution < 1.29 is 4.79 Å². The summed E-state index contributed by atoms with van der Waals surface area (Å²) in [5.74, 6) is 0.311. The number of pyridine rings is 1. The van der Waals surface area contributed by atoms with E-state index < -0.39 is 0 Å². The molecule has 0 radical (unpaired) electrons. The fraction of sp³-hybridized carbons (Fsp3) is 0.391. The standard InChI is InChI=1S/C23H29ClN6O/c1-4-30(5-2)13-7-8-16(3)27-21-15-25-19(14-26-21)23(31)28-18-10-6-9-17-11-12-20(24)29-22(17)18/h6,9-12,14-16H,4-5,7-8,13H2,1-3H3,(H,26,27)(H,28,31). The van der Waals surface area contributed by atoms with Crippen LogP contribution >= 0.6 is 11.6 Å². The molecule has 2 aromatic heterocycles. The fourth-order valence-corrected chi connectivity index (χ4v) is 3.56. The lowest BCUT2D eigenvalue weighted by Crippen LogP contribution is -2.25. The number of hydrogen-bond donors (Lipinski definition) is 2. The maximum atomic E-state index is 12.6. The first-order valence-corrected chi connectivity index (χ1v) is 11.1. The quantitative estimate of drug-likeness (QED) is 0.438. The van der Waals surface area contributed by atoms with Crippen molar-refractivity contribution in [1.82, 2.24) is 19.9 Å². The Morgan fingerprint density at radius 2 is 1.94 bits per heavy atom. The number of rotatable bonds is 10. The lowest BCUT2D eigenvalue weighted by Gasteiger charge is -2.20. The van der Waals surface area contributed by atoms with Gasteiger partial charge in [0.25, 0.3) is 5.91 Å². The summed E-state index contributed by atoms with van der Waals surface area (Å²) in [6.07, 6.45) is 5.23. The zero-order valence-corrected chi connectivity index (χ0v) is 19.0. The first-order chi connectivity index (χ1) is 15.0. The minimum atomic E-state index is -0.347. The molecule has 1 aromatic carbocycles. The number of nitrogens with one attached hydrogen (secondary N) is 2. The largest absolute Gasteiger partial charge is 0.366 e. The number of aromatic nitrogens is 3. The van der Waals surface area contributed by atoms with E-state index in [4.69, 9.17) is 11.6 Å². The van der Waals surface area contributed by atoms with Crippen LogP contribution < -0.4 is 10.6 Å². The molecule has 1 atom stereocenters. The van der Waals surface area contributed by atoms with Crippen molar-refractivity contribution in [2.45, 2.75) is 39.7 Å². The lowest BCUT2D eigenvalue weighted by atomic mass is 10.1. The van der Waals surface area contributed by atoms with Crippen molar-refractivity contribution in [3.05, 3.63) is 53.6 Å². The van der Waals surface area contributed by atoms with Crippen LogP contribution in [-0.4, -0.2) is 51.4 Å². The molecule has 31 heavy (non-hydrogen) atoms. The molecule has 0 saturated carbocycles. The van der Waals surface area contributed by atoms with Crippen molar-refractivity contribution in [3.8, 4) is 0 Å². The van der Waals surface area contributed by atoms with E-state index in [1.165, 1.54) is 6.20 Å². The van der Waals surface area contributed by atoms with Crippen LogP contribution in [0.25, 0.3) is 10.9 Å². The second-order valence-corrected chi connectivity index (χ2v) is 7.85. The Labute approximate surface area is 188 Å². The fourth-order valence-electron chi connectivity index (χ4n) is 3.42. The number of hydrogen-bond acceptors (Lipinski definition) is 6. The minimum absolute atomic E-state index is 0.235. The third-order valence-electron chi connectivity index (χ3n) is 5.22. The molecule has 3 aromatic rings. The van der Waals surface area contributed by atoms with Crippen LogP contribution in [0.4, 0.5) is 11.5 Å². The summed E-state index contributed by atoms with van der Waals surface area (Å²) < 4.78 is 0. The van der Waals surface area contributed by atoms with Crippen molar-refractivity contribution in [1.29, 1.82) is 0 Å². The molecule has 0 bridgehead atoms. The molecule has 1 unspecified atom stereocenters. The van der Waals surface area contributed by atoms with Gasteiger partial charge in [-0.15, -0.1) is 0 Å². The smallest absolute Gasteiger partial charge is 0.275 e. The highest BCUT2D eigenvalue weighted by atomic mass is 35.5. The average molecular weight is 441 g/mol. The molecule has 0 aliphatic heterocycles. The predicted molar refractivity (Wildman–Crippen MR) is 127 cm³/mol. The monoisotopic (exact) mass is 440 g/mol. The predicted octanol–water partition coefficient (Wildman–Crippen LogP) is 4.85. The van der Waals surface area contributed by atoms with Crippen LogP contribution in [0.2, 0.25) is 5.15 Å². The van der Waals surface area contributed by atoms with Gasteiger partial charge in [0.15, 0.2) is 0 Å². The number of carbonyl (C=O) groups is 1. The third-order valence-corrected chi connectivity index (χ3v) is 5.43. The maximum Gasteiger partial charge on any atom is 0.275 e. The van der Waals surface area contributed by atoms with E-state index >= 15 is 0 Å². The highest BCUT2D eigenvalue weighted by Crippen LogP contribution is 2.23. The molecule has 0 aliphatic rings. The van der Waals surface area contributed by atoms with Gasteiger partial charge in [-0.3, -0.25) is 4.79 Å².